The molecule has 0 rings (SSSR count). The first-order valence-electron chi connectivity index (χ1n) is 6.10. The summed E-state index contributed by atoms with van der Waals surface area (Å²) in [5.74, 6) is 0.282. The van der Waals surface area contributed by atoms with Crippen LogP contribution >= 0.6 is 0 Å². The summed E-state index contributed by atoms with van der Waals surface area (Å²) >= 11 is 0. The molecule has 16 heavy (non-hydrogen) atoms. The van der Waals surface area contributed by atoms with Gasteiger partial charge in [-0.05, 0) is 25.2 Å². The fourth-order valence-electron chi connectivity index (χ4n) is 1.65. The van der Waals surface area contributed by atoms with Crippen molar-refractivity contribution >= 4 is 5.91 Å². The van der Waals surface area contributed by atoms with Crippen LogP contribution in [0, 0.1) is 5.92 Å². The fraction of sp³-hybridized carbons (Fsp3) is 0.917. The molecule has 0 aromatic rings. The minimum Gasteiger partial charge on any atom is -0.394 e. The number of hydrogen-bond donors (Lipinski definition) is 3. The maximum Gasteiger partial charge on any atom is 0.240 e. The molecule has 4 heteroatoms. The lowest BCUT2D eigenvalue weighted by Crippen LogP contribution is -2.56. The molecule has 1 atom stereocenters. The molecular weight excluding hydrogens is 204 g/mol. The van der Waals surface area contributed by atoms with Crippen LogP contribution in [0.15, 0.2) is 0 Å². The van der Waals surface area contributed by atoms with E-state index in [9.17, 15) is 9.90 Å². The Balaban J connectivity index is 4.39. The molecular formula is C12H26N2O2. The Bertz CT molecular complexity index is 213. The van der Waals surface area contributed by atoms with Crippen LogP contribution in [0.25, 0.3) is 0 Å². The Labute approximate surface area is 98.6 Å². The van der Waals surface area contributed by atoms with Gasteiger partial charge in [-0.25, -0.2) is 0 Å². The van der Waals surface area contributed by atoms with E-state index in [2.05, 4.69) is 19.2 Å². The third kappa shape index (κ3) is 4.49. The van der Waals surface area contributed by atoms with E-state index in [4.69, 9.17) is 5.73 Å². The minimum absolute atomic E-state index is 0.0343. The summed E-state index contributed by atoms with van der Waals surface area (Å²) in [4.78, 5) is 11.9. The van der Waals surface area contributed by atoms with Gasteiger partial charge in [0, 0.05) is 0 Å². The standard InChI is InChI=1S/C12H26N2O2/c1-5-12(13,6-2)11(16)14-10(8-15)7-9(3)4/h9-10,15H,5-8,13H2,1-4H3,(H,14,16). The van der Waals surface area contributed by atoms with Gasteiger partial charge in [0.25, 0.3) is 0 Å². The largest absolute Gasteiger partial charge is 0.394 e. The molecule has 96 valence electrons. The van der Waals surface area contributed by atoms with Crippen LogP contribution in [0.5, 0.6) is 0 Å². The zero-order chi connectivity index (χ0) is 12.8. The highest BCUT2D eigenvalue weighted by molar-refractivity contribution is 5.86. The van der Waals surface area contributed by atoms with Gasteiger partial charge in [-0.1, -0.05) is 27.7 Å². The summed E-state index contributed by atoms with van der Waals surface area (Å²) < 4.78 is 0. The molecule has 0 aliphatic heterocycles. The molecule has 4 N–H and O–H groups in total. The number of carbonyl (C=O) groups excluding carboxylic acids is 1. The van der Waals surface area contributed by atoms with E-state index < -0.39 is 5.54 Å². The Morgan fingerprint density at radius 3 is 2.19 bits per heavy atom. The molecule has 0 radical (unpaired) electrons. The van der Waals surface area contributed by atoms with Gasteiger partial charge < -0.3 is 16.2 Å². The van der Waals surface area contributed by atoms with Crippen LogP contribution in [0.3, 0.4) is 0 Å². The Kier molecular flexibility index (Phi) is 6.60. The van der Waals surface area contributed by atoms with E-state index >= 15 is 0 Å². The van der Waals surface area contributed by atoms with Crippen molar-refractivity contribution in [2.24, 2.45) is 11.7 Å². The average Bonchev–Trinajstić information content (AvgIpc) is 2.26. The van der Waals surface area contributed by atoms with Crippen LogP contribution in [0.1, 0.15) is 47.0 Å². The van der Waals surface area contributed by atoms with Gasteiger partial charge in [0.05, 0.1) is 18.2 Å². The summed E-state index contributed by atoms with van der Waals surface area (Å²) in [6.45, 7) is 7.89. The Hall–Kier alpha value is -0.610. The third-order valence-corrected chi connectivity index (χ3v) is 3.03. The van der Waals surface area contributed by atoms with Crippen molar-refractivity contribution in [2.45, 2.75) is 58.5 Å². The molecule has 0 bridgehead atoms. The maximum atomic E-state index is 11.9. The van der Waals surface area contributed by atoms with Crippen molar-refractivity contribution in [3.8, 4) is 0 Å². The number of nitrogens with one attached hydrogen (secondary N) is 1. The Morgan fingerprint density at radius 1 is 1.38 bits per heavy atom. The second-order valence-corrected chi connectivity index (χ2v) is 4.85. The van der Waals surface area contributed by atoms with Crippen molar-refractivity contribution in [3.05, 3.63) is 0 Å². The van der Waals surface area contributed by atoms with E-state index in [0.717, 1.165) is 6.42 Å². The molecule has 0 aliphatic rings. The molecule has 0 fully saturated rings. The molecule has 0 saturated heterocycles. The lowest BCUT2D eigenvalue weighted by molar-refractivity contribution is -0.127. The molecule has 0 spiro atoms. The second kappa shape index (κ2) is 6.86. The van der Waals surface area contributed by atoms with Crippen LogP contribution in [-0.2, 0) is 4.79 Å². The predicted octanol–water partition coefficient (Wildman–Crippen LogP) is 1.03. The summed E-state index contributed by atoms with van der Waals surface area (Å²) in [5.41, 5.74) is 5.18. The highest BCUT2D eigenvalue weighted by Gasteiger charge is 2.31. The number of nitrogens with two attached hydrogens (primary N) is 1. The summed E-state index contributed by atoms with van der Waals surface area (Å²) in [7, 11) is 0. The van der Waals surface area contributed by atoms with Crippen LogP contribution in [0.4, 0.5) is 0 Å². The van der Waals surface area contributed by atoms with E-state index in [-0.39, 0.29) is 18.6 Å². The summed E-state index contributed by atoms with van der Waals surface area (Å²) in [6.07, 6.45) is 1.98. The van der Waals surface area contributed by atoms with Crippen molar-refractivity contribution in [3.63, 3.8) is 0 Å². The van der Waals surface area contributed by atoms with Gasteiger partial charge in [0.2, 0.25) is 5.91 Å². The van der Waals surface area contributed by atoms with Gasteiger partial charge in [-0.2, -0.15) is 0 Å². The number of hydrogen-bond acceptors (Lipinski definition) is 3. The molecule has 1 amide bonds. The topological polar surface area (TPSA) is 75.4 Å². The van der Waals surface area contributed by atoms with Crippen molar-refractivity contribution in [1.29, 1.82) is 0 Å². The lowest BCUT2D eigenvalue weighted by atomic mass is 9.92. The van der Waals surface area contributed by atoms with Gasteiger partial charge in [-0.3, -0.25) is 4.79 Å². The van der Waals surface area contributed by atoms with Crippen LogP contribution < -0.4 is 11.1 Å². The Morgan fingerprint density at radius 2 is 1.88 bits per heavy atom. The second-order valence-electron chi connectivity index (χ2n) is 4.85. The van der Waals surface area contributed by atoms with Crippen molar-refractivity contribution in [2.75, 3.05) is 6.61 Å². The SMILES string of the molecule is CCC(N)(CC)C(=O)NC(CO)CC(C)C. The van der Waals surface area contributed by atoms with Crippen LogP contribution in [-0.4, -0.2) is 29.2 Å². The molecule has 0 heterocycles. The number of amides is 1. The number of rotatable bonds is 7. The third-order valence-electron chi connectivity index (χ3n) is 3.03. The highest BCUT2D eigenvalue weighted by atomic mass is 16.3. The van der Waals surface area contributed by atoms with E-state index in [0.29, 0.717) is 18.8 Å². The van der Waals surface area contributed by atoms with Crippen LogP contribution in [0.2, 0.25) is 0 Å². The smallest absolute Gasteiger partial charge is 0.240 e. The molecule has 1 unspecified atom stereocenters. The van der Waals surface area contributed by atoms with E-state index in [1.54, 1.807) is 0 Å². The van der Waals surface area contributed by atoms with Crippen molar-refractivity contribution in [1.82, 2.24) is 5.32 Å². The predicted molar refractivity (Wildman–Crippen MR) is 66.0 cm³/mol. The molecule has 0 aliphatic carbocycles. The molecule has 4 nitrogen and oxygen atoms in total. The highest BCUT2D eigenvalue weighted by Crippen LogP contribution is 2.13. The first-order chi connectivity index (χ1) is 7.39. The number of carbonyl (C=O) groups is 1. The van der Waals surface area contributed by atoms with Crippen molar-refractivity contribution < 1.29 is 9.90 Å². The first kappa shape index (κ1) is 15.4. The van der Waals surface area contributed by atoms with Gasteiger partial charge in [0.1, 0.15) is 0 Å². The molecule has 0 aromatic carbocycles. The number of aliphatic hydroxyl groups excluding tert-OH is 1. The average molecular weight is 230 g/mol. The van der Waals surface area contributed by atoms with Gasteiger partial charge in [-0.15, -0.1) is 0 Å². The van der Waals surface area contributed by atoms with E-state index in [1.807, 2.05) is 13.8 Å². The summed E-state index contributed by atoms with van der Waals surface area (Å²) in [5, 5.41) is 12.0. The van der Waals surface area contributed by atoms with E-state index in [1.165, 1.54) is 0 Å². The zero-order valence-corrected chi connectivity index (χ0v) is 10.9. The quantitative estimate of drug-likeness (QED) is 0.611. The van der Waals surface area contributed by atoms with Gasteiger partial charge >= 0.3 is 0 Å². The molecule has 0 aromatic heterocycles. The zero-order valence-electron chi connectivity index (χ0n) is 10.9. The summed E-state index contributed by atoms with van der Waals surface area (Å²) in [6, 6.07) is -0.187. The monoisotopic (exact) mass is 230 g/mol. The fourth-order valence-corrected chi connectivity index (χ4v) is 1.65. The number of aliphatic hydroxyl groups is 1. The lowest BCUT2D eigenvalue weighted by Gasteiger charge is -2.28. The normalized spacial score (nSPS) is 13.9. The maximum absolute atomic E-state index is 11.9. The van der Waals surface area contributed by atoms with Gasteiger partial charge in [0.15, 0.2) is 0 Å². The first-order valence-corrected chi connectivity index (χ1v) is 6.10. The molecule has 0 saturated carbocycles. The minimum atomic E-state index is -0.801.